The van der Waals surface area contributed by atoms with Gasteiger partial charge in [-0.3, -0.25) is 0 Å². The van der Waals surface area contributed by atoms with Crippen LogP contribution in [0.4, 0.5) is 15.1 Å². The minimum Gasteiger partial charge on any atom is -0.492 e. The lowest BCUT2D eigenvalue weighted by Crippen LogP contribution is -2.36. The normalized spacial score (nSPS) is 12.4. The number of rotatable bonds is 7. The standard InChI is InChI=1S/C20H22ClFN4O3S/c1-10(2)26(28)18(23)17-19(27)25-30-20(17)24-15-6-5-13(8-11(15)3)29-16-7-4-12(22)9-14(16)21/h4-10,18,24,28H,23H2,1-3H3,(H,25,27). The summed E-state index contributed by atoms with van der Waals surface area (Å²) in [5, 5.41) is 25.1. The molecule has 0 saturated carbocycles. The van der Waals surface area contributed by atoms with Crippen LogP contribution in [-0.4, -0.2) is 25.8 Å². The van der Waals surface area contributed by atoms with E-state index in [9.17, 15) is 14.7 Å². The van der Waals surface area contributed by atoms with Gasteiger partial charge in [0.15, 0.2) is 0 Å². The quantitative estimate of drug-likeness (QED) is 0.275. The van der Waals surface area contributed by atoms with E-state index in [-0.39, 0.29) is 16.9 Å². The van der Waals surface area contributed by atoms with Crippen LogP contribution in [-0.2, 0) is 0 Å². The largest absolute Gasteiger partial charge is 0.492 e. The summed E-state index contributed by atoms with van der Waals surface area (Å²) in [6, 6.07) is 8.96. The molecule has 5 N–H and O–H groups in total. The first-order chi connectivity index (χ1) is 14.2. The van der Waals surface area contributed by atoms with Crippen molar-refractivity contribution in [3.63, 3.8) is 0 Å². The van der Waals surface area contributed by atoms with Gasteiger partial charge in [0.25, 0.3) is 0 Å². The number of aromatic hydroxyl groups is 1. The second-order valence-electron chi connectivity index (χ2n) is 6.95. The maximum Gasteiger partial charge on any atom is 0.231 e. The molecule has 0 spiro atoms. The highest BCUT2D eigenvalue weighted by molar-refractivity contribution is 7.10. The summed E-state index contributed by atoms with van der Waals surface area (Å²) in [6.07, 6.45) is -0.949. The van der Waals surface area contributed by atoms with E-state index in [1.807, 2.05) is 6.92 Å². The van der Waals surface area contributed by atoms with Crippen molar-refractivity contribution < 1.29 is 19.4 Å². The lowest BCUT2D eigenvalue weighted by Gasteiger charge is -2.26. The predicted octanol–water partition coefficient (Wildman–Crippen LogP) is 5.54. The third kappa shape index (κ3) is 4.82. The minimum absolute atomic E-state index is 0.173. The Morgan fingerprint density at radius 1 is 1.27 bits per heavy atom. The number of hydroxylamine groups is 2. The molecule has 0 saturated heterocycles. The van der Waals surface area contributed by atoms with E-state index in [0.29, 0.717) is 22.1 Å². The van der Waals surface area contributed by atoms with E-state index < -0.39 is 12.0 Å². The van der Waals surface area contributed by atoms with Crippen molar-refractivity contribution in [3.8, 4) is 17.4 Å². The van der Waals surface area contributed by atoms with E-state index in [2.05, 4.69) is 9.69 Å². The molecule has 0 aliphatic carbocycles. The van der Waals surface area contributed by atoms with Gasteiger partial charge in [-0.15, -0.1) is 0 Å². The second kappa shape index (κ2) is 9.15. The topological polar surface area (TPSA) is 104 Å². The molecule has 3 rings (SSSR count). The molecule has 160 valence electrons. The van der Waals surface area contributed by atoms with Crippen molar-refractivity contribution in [1.29, 1.82) is 0 Å². The van der Waals surface area contributed by atoms with Crippen molar-refractivity contribution in [2.24, 2.45) is 5.73 Å². The molecule has 0 bridgehead atoms. The van der Waals surface area contributed by atoms with Crippen molar-refractivity contribution in [1.82, 2.24) is 9.44 Å². The van der Waals surface area contributed by atoms with Crippen molar-refractivity contribution in [2.75, 3.05) is 5.32 Å². The van der Waals surface area contributed by atoms with Crippen LogP contribution >= 0.6 is 23.1 Å². The van der Waals surface area contributed by atoms with Gasteiger partial charge in [0.2, 0.25) is 5.88 Å². The first kappa shape index (κ1) is 22.3. The number of nitrogens with zero attached hydrogens (tertiary/aromatic N) is 2. The van der Waals surface area contributed by atoms with Gasteiger partial charge < -0.3 is 26.1 Å². The highest BCUT2D eigenvalue weighted by Gasteiger charge is 2.26. The van der Waals surface area contributed by atoms with Crippen LogP contribution in [0.3, 0.4) is 0 Å². The number of nitrogens with two attached hydrogens (primary N) is 1. The van der Waals surface area contributed by atoms with Gasteiger partial charge >= 0.3 is 0 Å². The number of halogens is 2. The zero-order valence-electron chi connectivity index (χ0n) is 16.6. The maximum absolute atomic E-state index is 13.2. The van der Waals surface area contributed by atoms with Gasteiger partial charge in [0.1, 0.15) is 28.5 Å². The summed E-state index contributed by atoms with van der Waals surface area (Å²) in [4.78, 5) is 0. The molecule has 7 nitrogen and oxygen atoms in total. The zero-order chi connectivity index (χ0) is 22.0. The fourth-order valence-electron chi connectivity index (χ4n) is 2.75. The summed E-state index contributed by atoms with van der Waals surface area (Å²) in [5.74, 6) is 0.189. The Bertz CT molecular complexity index is 1050. The van der Waals surface area contributed by atoms with Crippen LogP contribution in [0.1, 0.15) is 31.1 Å². The first-order valence-corrected chi connectivity index (χ1v) is 10.2. The number of aromatic nitrogens is 1. The third-order valence-corrected chi connectivity index (χ3v) is 5.45. The van der Waals surface area contributed by atoms with E-state index >= 15 is 0 Å². The van der Waals surface area contributed by atoms with Gasteiger partial charge in [-0.25, -0.2) is 4.39 Å². The Balaban J connectivity index is 1.82. The molecule has 0 amide bonds. The van der Waals surface area contributed by atoms with Crippen LogP contribution < -0.4 is 15.8 Å². The van der Waals surface area contributed by atoms with E-state index in [1.54, 1.807) is 32.0 Å². The van der Waals surface area contributed by atoms with Crippen LogP contribution in [0.25, 0.3) is 0 Å². The Hall–Kier alpha value is -2.43. The Morgan fingerprint density at radius 2 is 2.00 bits per heavy atom. The lowest BCUT2D eigenvalue weighted by atomic mass is 10.1. The van der Waals surface area contributed by atoms with Crippen LogP contribution in [0.15, 0.2) is 36.4 Å². The fourth-order valence-corrected chi connectivity index (χ4v) is 3.69. The van der Waals surface area contributed by atoms with E-state index in [4.69, 9.17) is 22.1 Å². The van der Waals surface area contributed by atoms with Crippen LogP contribution in [0, 0.1) is 12.7 Å². The Morgan fingerprint density at radius 3 is 2.63 bits per heavy atom. The molecule has 1 atom stereocenters. The number of nitrogens with one attached hydrogen (secondary N) is 1. The average molecular weight is 453 g/mol. The van der Waals surface area contributed by atoms with Gasteiger partial charge in [-0.05, 0) is 74.3 Å². The van der Waals surface area contributed by atoms with Crippen molar-refractivity contribution >= 4 is 33.8 Å². The molecular weight excluding hydrogens is 431 g/mol. The summed E-state index contributed by atoms with van der Waals surface area (Å²) >= 11 is 7.05. The van der Waals surface area contributed by atoms with Gasteiger partial charge in [-0.1, -0.05) is 11.6 Å². The van der Waals surface area contributed by atoms with Crippen molar-refractivity contribution in [3.05, 3.63) is 58.4 Å². The van der Waals surface area contributed by atoms with Gasteiger partial charge in [0.05, 0.1) is 10.6 Å². The molecule has 3 aromatic rings. The molecule has 1 unspecified atom stereocenters. The predicted molar refractivity (Wildman–Crippen MR) is 115 cm³/mol. The van der Waals surface area contributed by atoms with Gasteiger partial charge in [0, 0.05) is 11.7 Å². The number of benzene rings is 2. The smallest absolute Gasteiger partial charge is 0.231 e. The zero-order valence-corrected chi connectivity index (χ0v) is 18.1. The minimum atomic E-state index is -0.949. The summed E-state index contributed by atoms with van der Waals surface area (Å²) in [7, 11) is 0. The fraction of sp³-hybridized carbons (Fsp3) is 0.250. The average Bonchev–Trinajstić information content (AvgIpc) is 3.05. The summed E-state index contributed by atoms with van der Waals surface area (Å²) in [6.45, 7) is 5.43. The molecule has 0 radical (unpaired) electrons. The first-order valence-electron chi connectivity index (χ1n) is 9.09. The monoisotopic (exact) mass is 452 g/mol. The number of hydrogen-bond acceptors (Lipinski definition) is 8. The molecule has 0 aliphatic heterocycles. The molecule has 30 heavy (non-hydrogen) atoms. The highest BCUT2D eigenvalue weighted by atomic mass is 35.5. The van der Waals surface area contributed by atoms with Crippen molar-refractivity contribution in [2.45, 2.75) is 33.0 Å². The summed E-state index contributed by atoms with van der Waals surface area (Å²) in [5.41, 5.74) is 7.97. The maximum atomic E-state index is 13.2. The number of aryl methyl sites for hydroxylation is 1. The van der Waals surface area contributed by atoms with Gasteiger partial charge in [-0.2, -0.15) is 9.44 Å². The van der Waals surface area contributed by atoms with E-state index in [0.717, 1.165) is 27.8 Å². The molecule has 10 heteroatoms. The number of ether oxygens (including phenoxy) is 1. The van der Waals surface area contributed by atoms with Crippen LogP contribution in [0.2, 0.25) is 5.02 Å². The molecule has 1 heterocycles. The van der Waals surface area contributed by atoms with Crippen LogP contribution in [0.5, 0.6) is 17.4 Å². The molecule has 0 fully saturated rings. The van der Waals surface area contributed by atoms with E-state index in [1.165, 1.54) is 18.2 Å². The third-order valence-electron chi connectivity index (χ3n) is 4.39. The lowest BCUT2D eigenvalue weighted by molar-refractivity contribution is -0.151. The Labute approximate surface area is 182 Å². The number of anilines is 2. The highest BCUT2D eigenvalue weighted by Crippen LogP contribution is 2.39. The SMILES string of the molecule is Cc1cc(Oc2ccc(F)cc2Cl)ccc1Nc1snc(O)c1C(N)N(O)C(C)C. The summed E-state index contributed by atoms with van der Waals surface area (Å²) < 4.78 is 22.9. The second-order valence-corrected chi connectivity index (χ2v) is 8.13. The number of hydrogen-bond donors (Lipinski definition) is 4. The molecule has 1 aromatic heterocycles. The Kier molecular flexibility index (Phi) is 6.79. The molecule has 0 aliphatic rings. The molecule has 2 aromatic carbocycles. The molecular formula is C20H22ClFN4O3S.